The zero-order valence-corrected chi connectivity index (χ0v) is 11.5. The Morgan fingerprint density at radius 2 is 2.11 bits per heavy atom. The predicted molar refractivity (Wildman–Crippen MR) is 77.2 cm³/mol. The van der Waals surface area contributed by atoms with Crippen molar-refractivity contribution in [2.24, 2.45) is 0 Å². The Hall–Kier alpha value is -1.55. The highest BCUT2D eigenvalue weighted by Gasteiger charge is 1.98. The van der Waals surface area contributed by atoms with Crippen molar-refractivity contribution in [1.29, 1.82) is 0 Å². The Balaban J connectivity index is 1.88. The molecule has 0 aliphatic rings. The number of nitrogens with one attached hydrogen (secondary N) is 1. The third-order valence-electron chi connectivity index (χ3n) is 2.65. The van der Waals surface area contributed by atoms with Crippen LogP contribution in [0.15, 0.2) is 41.7 Å². The van der Waals surface area contributed by atoms with Gasteiger partial charge in [0.25, 0.3) is 0 Å². The molecule has 94 valence electrons. The number of nitrogens with zero attached hydrogens (tertiary/aromatic N) is 2. The molecule has 0 fully saturated rings. The summed E-state index contributed by atoms with van der Waals surface area (Å²) in [6, 6.07) is 10.6. The van der Waals surface area contributed by atoms with Crippen LogP contribution in [0.5, 0.6) is 0 Å². The lowest BCUT2D eigenvalue weighted by molar-refractivity contribution is 0.979. The van der Waals surface area contributed by atoms with Gasteiger partial charge in [0.1, 0.15) is 17.2 Å². The maximum absolute atomic E-state index is 4.20. The Morgan fingerprint density at radius 1 is 1.22 bits per heavy atom. The van der Waals surface area contributed by atoms with Crippen LogP contribution in [0.25, 0.3) is 0 Å². The first-order valence-electron chi connectivity index (χ1n) is 5.93. The summed E-state index contributed by atoms with van der Waals surface area (Å²) >= 11 is 1.62. The van der Waals surface area contributed by atoms with Gasteiger partial charge < -0.3 is 5.32 Å². The average molecular weight is 259 g/mol. The molecule has 1 aromatic carbocycles. The molecule has 0 aliphatic heterocycles. The van der Waals surface area contributed by atoms with Crippen LogP contribution in [0.1, 0.15) is 11.1 Å². The van der Waals surface area contributed by atoms with Crippen LogP contribution >= 0.6 is 11.8 Å². The van der Waals surface area contributed by atoms with Crippen molar-refractivity contribution in [1.82, 2.24) is 9.97 Å². The minimum Gasteiger partial charge on any atom is -0.370 e. The summed E-state index contributed by atoms with van der Waals surface area (Å²) in [5.41, 5.74) is 2.65. The Morgan fingerprint density at radius 3 is 2.89 bits per heavy atom. The Labute approximate surface area is 112 Å². The van der Waals surface area contributed by atoms with Crippen LogP contribution in [0, 0.1) is 6.92 Å². The summed E-state index contributed by atoms with van der Waals surface area (Å²) in [6.07, 6.45) is 4.61. The van der Waals surface area contributed by atoms with E-state index in [0.717, 1.165) is 23.8 Å². The molecule has 0 spiro atoms. The molecule has 0 unspecified atom stereocenters. The highest BCUT2D eigenvalue weighted by atomic mass is 32.2. The molecule has 0 amide bonds. The second-order valence-electron chi connectivity index (χ2n) is 4.11. The molecular weight excluding hydrogens is 242 g/mol. The number of anilines is 1. The standard InChI is InChI=1S/C14H17N3S/c1-11-4-3-5-12(8-11)6-7-15-13-9-14(18-2)17-10-16-13/h3-5,8-10H,6-7H2,1-2H3,(H,15,16,17). The number of hydrogen-bond acceptors (Lipinski definition) is 4. The van der Waals surface area contributed by atoms with Crippen molar-refractivity contribution in [2.45, 2.75) is 18.4 Å². The molecule has 0 saturated carbocycles. The molecule has 0 radical (unpaired) electrons. The van der Waals surface area contributed by atoms with E-state index in [2.05, 4.69) is 46.5 Å². The third-order valence-corrected chi connectivity index (χ3v) is 3.29. The van der Waals surface area contributed by atoms with E-state index in [9.17, 15) is 0 Å². The predicted octanol–water partition coefficient (Wildman–Crippen LogP) is 3.16. The van der Waals surface area contributed by atoms with Gasteiger partial charge in [-0.2, -0.15) is 0 Å². The fourth-order valence-electron chi connectivity index (χ4n) is 1.75. The molecule has 0 saturated heterocycles. The van der Waals surface area contributed by atoms with Crippen molar-refractivity contribution >= 4 is 17.6 Å². The topological polar surface area (TPSA) is 37.8 Å². The molecule has 1 N–H and O–H groups in total. The van der Waals surface area contributed by atoms with Gasteiger partial charge in [-0.05, 0) is 25.2 Å². The summed E-state index contributed by atoms with van der Waals surface area (Å²) in [6.45, 7) is 3.00. The zero-order valence-electron chi connectivity index (χ0n) is 10.7. The number of benzene rings is 1. The first-order valence-corrected chi connectivity index (χ1v) is 7.16. The monoisotopic (exact) mass is 259 g/mol. The van der Waals surface area contributed by atoms with Gasteiger partial charge in [0, 0.05) is 12.6 Å². The minimum atomic E-state index is 0.883. The van der Waals surface area contributed by atoms with Crippen molar-refractivity contribution < 1.29 is 0 Å². The fourth-order valence-corrected chi connectivity index (χ4v) is 2.13. The molecule has 2 rings (SSSR count). The molecule has 0 bridgehead atoms. The molecule has 0 aliphatic carbocycles. The fraction of sp³-hybridized carbons (Fsp3) is 0.286. The number of aromatic nitrogens is 2. The number of rotatable bonds is 5. The van der Waals surface area contributed by atoms with Crippen LogP contribution in [0.4, 0.5) is 5.82 Å². The van der Waals surface area contributed by atoms with E-state index in [1.54, 1.807) is 18.1 Å². The lowest BCUT2D eigenvalue weighted by atomic mass is 10.1. The van der Waals surface area contributed by atoms with Crippen molar-refractivity contribution in [2.75, 3.05) is 18.1 Å². The van der Waals surface area contributed by atoms with E-state index >= 15 is 0 Å². The number of hydrogen-bond donors (Lipinski definition) is 1. The van der Waals surface area contributed by atoms with E-state index in [1.165, 1.54) is 11.1 Å². The first kappa shape index (κ1) is 12.9. The summed E-state index contributed by atoms with van der Waals surface area (Å²) in [4.78, 5) is 8.35. The lowest BCUT2D eigenvalue weighted by Gasteiger charge is -2.06. The van der Waals surface area contributed by atoms with Gasteiger partial charge in [-0.15, -0.1) is 11.8 Å². The maximum atomic E-state index is 4.20. The Bertz CT molecular complexity index is 514. The van der Waals surface area contributed by atoms with Crippen LogP contribution in [-0.2, 0) is 6.42 Å². The minimum absolute atomic E-state index is 0.883. The molecule has 1 heterocycles. The van der Waals surface area contributed by atoms with Gasteiger partial charge in [-0.1, -0.05) is 29.8 Å². The van der Waals surface area contributed by atoms with E-state index in [0.29, 0.717) is 0 Å². The lowest BCUT2D eigenvalue weighted by Crippen LogP contribution is -2.06. The maximum Gasteiger partial charge on any atom is 0.130 e. The zero-order chi connectivity index (χ0) is 12.8. The average Bonchev–Trinajstić information content (AvgIpc) is 2.39. The van der Waals surface area contributed by atoms with Crippen molar-refractivity contribution in [3.63, 3.8) is 0 Å². The smallest absolute Gasteiger partial charge is 0.130 e. The summed E-state index contributed by atoms with van der Waals surface area (Å²) in [5, 5.41) is 4.31. The third kappa shape index (κ3) is 3.74. The highest BCUT2D eigenvalue weighted by molar-refractivity contribution is 7.98. The normalized spacial score (nSPS) is 10.3. The molecule has 4 heteroatoms. The molecule has 1 aromatic heterocycles. The van der Waals surface area contributed by atoms with Gasteiger partial charge >= 0.3 is 0 Å². The summed E-state index contributed by atoms with van der Waals surface area (Å²) < 4.78 is 0. The molecule has 3 nitrogen and oxygen atoms in total. The van der Waals surface area contributed by atoms with Gasteiger partial charge in [0.2, 0.25) is 0 Å². The van der Waals surface area contributed by atoms with E-state index in [1.807, 2.05) is 12.3 Å². The van der Waals surface area contributed by atoms with Crippen molar-refractivity contribution in [3.8, 4) is 0 Å². The van der Waals surface area contributed by atoms with Crippen LogP contribution < -0.4 is 5.32 Å². The molecule has 2 aromatic rings. The molecular formula is C14H17N3S. The summed E-state index contributed by atoms with van der Waals surface area (Å²) in [7, 11) is 0. The number of thioether (sulfide) groups is 1. The van der Waals surface area contributed by atoms with Gasteiger partial charge in [-0.25, -0.2) is 9.97 Å². The SMILES string of the molecule is CSc1cc(NCCc2cccc(C)c2)ncn1. The second kappa shape index (κ2) is 6.40. The van der Waals surface area contributed by atoms with Crippen LogP contribution in [0.3, 0.4) is 0 Å². The van der Waals surface area contributed by atoms with Crippen LogP contribution in [0.2, 0.25) is 0 Å². The Kier molecular flexibility index (Phi) is 4.59. The van der Waals surface area contributed by atoms with E-state index < -0.39 is 0 Å². The summed E-state index contributed by atoms with van der Waals surface area (Å²) in [5.74, 6) is 0.891. The molecule has 18 heavy (non-hydrogen) atoms. The van der Waals surface area contributed by atoms with E-state index in [4.69, 9.17) is 0 Å². The second-order valence-corrected chi connectivity index (χ2v) is 4.94. The van der Waals surface area contributed by atoms with Crippen LogP contribution in [-0.4, -0.2) is 22.8 Å². The largest absolute Gasteiger partial charge is 0.370 e. The van der Waals surface area contributed by atoms with Crippen molar-refractivity contribution in [3.05, 3.63) is 47.8 Å². The first-order chi connectivity index (χ1) is 8.78. The highest BCUT2D eigenvalue weighted by Crippen LogP contribution is 2.13. The van der Waals surface area contributed by atoms with E-state index in [-0.39, 0.29) is 0 Å². The van der Waals surface area contributed by atoms with Gasteiger partial charge in [-0.3, -0.25) is 0 Å². The molecule has 0 atom stereocenters. The number of aryl methyl sites for hydroxylation is 1. The van der Waals surface area contributed by atoms with Gasteiger partial charge in [0.15, 0.2) is 0 Å². The van der Waals surface area contributed by atoms with Gasteiger partial charge in [0.05, 0.1) is 0 Å². The quantitative estimate of drug-likeness (QED) is 0.661.